The molecule has 0 unspecified atom stereocenters. The van der Waals surface area contributed by atoms with Gasteiger partial charge in [-0.05, 0) is 36.0 Å². The zero-order chi connectivity index (χ0) is 19.2. The minimum atomic E-state index is -0.417. The molecule has 0 spiro atoms. The maximum absolute atomic E-state index is 12.2. The van der Waals surface area contributed by atoms with Crippen LogP contribution in [0.4, 0.5) is 10.7 Å². The molecule has 1 heterocycles. The van der Waals surface area contributed by atoms with Gasteiger partial charge in [0.25, 0.3) is 0 Å². The number of anilines is 2. The molecule has 0 aliphatic heterocycles. The Labute approximate surface area is 166 Å². The van der Waals surface area contributed by atoms with Crippen molar-refractivity contribution in [2.45, 2.75) is 0 Å². The maximum Gasteiger partial charge on any atom is 0.340 e. The Morgan fingerprint density at radius 3 is 2.48 bits per heavy atom. The van der Waals surface area contributed by atoms with Gasteiger partial charge in [-0.2, -0.15) is 0 Å². The number of carbonyl (C=O) groups excluding carboxylic acids is 1. The molecule has 0 aliphatic rings. The Bertz CT molecular complexity index is 955. The first-order chi connectivity index (χ1) is 13.1. The fourth-order valence-corrected chi connectivity index (χ4v) is 3.80. The number of carbonyl (C=O) groups is 1. The van der Waals surface area contributed by atoms with E-state index in [0.29, 0.717) is 15.7 Å². The van der Waals surface area contributed by atoms with Crippen molar-refractivity contribution in [3.05, 3.63) is 66.2 Å². The second-order valence-corrected chi connectivity index (χ2v) is 6.98. The number of hydrogen-bond acceptors (Lipinski definition) is 5. The predicted octanol–water partition coefficient (Wildman–Crippen LogP) is 5.02. The van der Waals surface area contributed by atoms with E-state index in [0.717, 1.165) is 21.9 Å². The molecule has 27 heavy (non-hydrogen) atoms. The summed E-state index contributed by atoms with van der Waals surface area (Å²) in [6.45, 7) is 0. The van der Waals surface area contributed by atoms with Crippen molar-refractivity contribution >= 4 is 45.3 Å². The smallest absolute Gasteiger partial charge is 0.340 e. The van der Waals surface area contributed by atoms with Crippen LogP contribution in [0.3, 0.4) is 0 Å². The van der Waals surface area contributed by atoms with E-state index in [2.05, 4.69) is 10.6 Å². The van der Waals surface area contributed by atoms with Gasteiger partial charge in [-0.15, -0.1) is 11.3 Å². The van der Waals surface area contributed by atoms with Gasteiger partial charge in [0.1, 0.15) is 10.8 Å². The third kappa shape index (κ3) is 4.64. The minimum Gasteiger partial charge on any atom is -0.497 e. The topological polar surface area (TPSA) is 59.6 Å². The molecule has 0 fully saturated rings. The van der Waals surface area contributed by atoms with E-state index >= 15 is 0 Å². The van der Waals surface area contributed by atoms with Crippen molar-refractivity contribution in [2.75, 3.05) is 24.9 Å². The van der Waals surface area contributed by atoms with Crippen LogP contribution in [0.15, 0.2) is 60.7 Å². The molecule has 3 aromatic rings. The third-order valence-corrected chi connectivity index (χ3v) is 5.05. The van der Waals surface area contributed by atoms with E-state index in [1.807, 2.05) is 60.7 Å². The summed E-state index contributed by atoms with van der Waals surface area (Å²) in [6.07, 6.45) is 0. The Balaban J connectivity index is 1.83. The molecule has 2 N–H and O–H groups in total. The molecular formula is C20H18N2O3S2. The quantitative estimate of drug-likeness (QED) is 0.465. The van der Waals surface area contributed by atoms with E-state index in [4.69, 9.17) is 21.7 Å². The van der Waals surface area contributed by atoms with E-state index in [1.165, 1.54) is 18.4 Å². The summed E-state index contributed by atoms with van der Waals surface area (Å²) in [5, 5.41) is 7.19. The van der Waals surface area contributed by atoms with Crippen LogP contribution in [0.1, 0.15) is 10.4 Å². The number of ether oxygens (including phenoxy) is 2. The van der Waals surface area contributed by atoms with Gasteiger partial charge in [0.2, 0.25) is 0 Å². The van der Waals surface area contributed by atoms with Crippen molar-refractivity contribution in [3.63, 3.8) is 0 Å². The fourth-order valence-electron chi connectivity index (χ4n) is 2.46. The lowest BCUT2D eigenvalue weighted by atomic mass is 10.1. The van der Waals surface area contributed by atoms with Crippen LogP contribution >= 0.6 is 23.6 Å². The number of esters is 1. The highest BCUT2D eigenvalue weighted by Gasteiger charge is 2.18. The molecule has 3 rings (SSSR count). The van der Waals surface area contributed by atoms with Crippen molar-refractivity contribution in [1.82, 2.24) is 0 Å². The van der Waals surface area contributed by atoms with E-state index in [-0.39, 0.29) is 0 Å². The molecule has 0 aliphatic carbocycles. The Kier molecular flexibility index (Phi) is 6.05. The second kappa shape index (κ2) is 8.66. The molecule has 1 aromatic heterocycles. The standard InChI is InChI=1S/C20H18N2O3S2/c1-24-15-10-6-9-14(11-15)21-20(26)22-18-16(19(23)25-2)12-17(27-18)13-7-4-3-5-8-13/h3-12H,1-2H3,(H2,21,22,26). The lowest BCUT2D eigenvalue weighted by Crippen LogP contribution is -2.19. The predicted molar refractivity (Wildman–Crippen MR) is 114 cm³/mol. The van der Waals surface area contributed by atoms with E-state index < -0.39 is 5.97 Å². The summed E-state index contributed by atoms with van der Waals surface area (Å²) >= 11 is 6.84. The molecule has 138 valence electrons. The van der Waals surface area contributed by atoms with Crippen molar-refractivity contribution in [1.29, 1.82) is 0 Å². The summed E-state index contributed by atoms with van der Waals surface area (Å²) in [6, 6.07) is 19.1. The van der Waals surface area contributed by atoms with Crippen LogP contribution in [-0.4, -0.2) is 25.3 Å². The van der Waals surface area contributed by atoms with Gasteiger partial charge in [-0.25, -0.2) is 4.79 Å². The number of hydrogen-bond donors (Lipinski definition) is 2. The first-order valence-electron chi connectivity index (χ1n) is 8.10. The number of rotatable bonds is 5. The molecule has 0 bridgehead atoms. The van der Waals surface area contributed by atoms with Gasteiger partial charge in [-0.1, -0.05) is 36.4 Å². The summed E-state index contributed by atoms with van der Waals surface area (Å²) in [7, 11) is 2.97. The zero-order valence-corrected chi connectivity index (χ0v) is 16.4. The molecular weight excluding hydrogens is 380 g/mol. The SMILES string of the molecule is COC(=O)c1cc(-c2ccccc2)sc1NC(=S)Nc1cccc(OC)c1. The lowest BCUT2D eigenvalue weighted by molar-refractivity contribution is 0.0602. The monoisotopic (exact) mass is 398 g/mol. The largest absolute Gasteiger partial charge is 0.497 e. The highest BCUT2D eigenvalue weighted by molar-refractivity contribution is 7.80. The van der Waals surface area contributed by atoms with E-state index in [9.17, 15) is 4.79 Å². The molecule has 7 heteroatoms. The van der Waals surface area contributed by atoms with Crippen molar-refractivity contribution in [2.24, 2.45) is 0 Å². The van der Waals surface area contributed by atoms with Gasteiger partial charge in [0, 0.05) is 16.6 Å². The van der Waals surface area contributed by atoms with Crippen LogP contribution in [0.5, 0.6) is 5.75 Å². The van der Waals surface area contributed by atoms with Crippen molar-refractivity contribution in [3.8, 4) is 16.2 Å². The molecule has 0 radical (unpaired) electrons. The molecule has 0 amide bonds. The van der Waals surface area contributed by atoms with Gasteiger partial charge < -0.3 is 20.1 Å². The average Bonchev–Trinajstić information content (AvgIpc) is 3.11. The van der Waals surface area contributed by atoms with Crippen LogP contribution < -0.4 is 15.4 Å². The fraction of sp³-hybridized carbons (Fsp3) is 0.100. The van der Waals surface area contributed by atoms with Crippen LogP contribution in [-0.2, 0) is 4.74 Å². The molecule has 0 saturated carbocycles. The van der Waals surface area contributed by atoms with Gasteiger partial charge in [0.05, 0.1) is 19.8 Å². The van der Waals surface area contributed by atoms with Gasteiger partial charge in [-0.3, -0.25) is 0 Å². The minimum absolute atomic E-state index is 0.370. The first-order valence-corrected chi connectivity index (χ1v) is 9.33. The van der Waals surface area contributed by atoms with Crippen LogP contribution in [0.2, 0.25) is 0 Å². The highest BCUT2D eigenvalue weighted by Crippen LogP contribution is 2.36. The number of methoxy groups -OCH3 is 2. The Morgan fingerprint density at radius 2 is 1.78 bits per heavy atom. The molecule has 5 nitrogen and oxygen atoms in total. The normalized spacial score (nSPS) is 10.1. The number of thiocarbonyl (C=S) groups is 1. The highest BCUT2D eigenvalue weighted by atomic mass is 32.1. The summed E-state index contributed by atoms with van der Waals surface area (Å²) in [5.74, 6) is 0.306. The lowest BCUT2D eigenvalue weighted by Gasteiger charge is -2.11. The second-order valence-electron chi connectivity index (χ2n) is 5.52. The number of nitrogens with one attached hydrogen (secondary N) is 2. The summed E-state index contributed by atoms with van der Waals surface area (Å²) in [5.41, 5.74) is 2.25. The van der Waals surface area contributed by atoms with E-state index in [1.54, 1.807) is 7.11 Å². The summed E-state index contributed by atoms with van der Waals surface area (Å²) in [4.78, 5) is 13.1. The molecule has 0 saturated heterocycles. The zero-order valence-electron chi connectivity index (χ0n) is 14.8. The number of thiophene rings is 1. The average molecular weight is 399 g/mol. The Hall–Kier alpha value is -2.90. The van der Waals surface area contributed by atoms with Crippen LogP contribution in [0.25, 0.3) is 10.4 Å². The maximum atomic E-state index is 12.2. The third-order valence-electron chi connectivity index (χ3n) is 3.75. The molecule has 0 atom stereocenters. The molecule has 2 aromatic carbocycles. The Morgan fingerprint density at radius 1 is 1.00 bits per heavy atom. The number of benzene rings is 2. The van der Waals surface area contributed by atoms with Crippen LogP contribution in [0, 0.1) is 0 Å². The van der Waals surface area contributed by atoms with Crippen molar-refractivity contribution < 1.29 is 14.3 Å². The summed E-state index contributed by atoms with van der Waals surface area (Å²) < 4.78 is 10.1. The van der Waals surface area contributed by atoms with Gasteiger partial charge >= 0.3 is 5.97 Å². The van der Waals surface area contributed by atoms with Gasteiger partial charge in [0.15, 0.2) is 5.11 Å². The first kappa shape index (κ1) is 18.9.